The molecule has 0 aliphatic carbocycles. The second kappa shape index (κ2) is 19.3. The van der Waals surface area contributed by atoms with Crippen LogP contribution in [0.25, 0.3) is 0 Å². The van der Waals surface area contributed by atoms with Crippen molar-refractivity contribution >= 4 is 43.2 Å². The summed E-state index contributed by atoms with van der Waals surface area (Å²) in [4.78, 5) is 13.8. The van der Waals surface area contributed by atoms with Crippen LogP contribution in [-0.2, 0) is 37.3 Å². The number of carbonyl (C=O) groups is 1. The molecule has 0 bridgehead atoms. The Morgan fingerprint density at radius 2 is 1.03 bits per heavy atom. The number of benzene rings is 4. The summed E-state index contributed by atoms with van der Waals surface area (Å²) < 4.78 is 50.1. The standard InChI is InChI=1S/C54H70O9Si2/c1-53(2,3)64(38-20-11-7-12-21-38,39-22-13-8-14-23-39)58-36-51-49(63-65(54(4,5)6,40-24-15-9-16-25-40)41-26-17-10-18-27-41)35-48-45(60-51)30-29-44-47(61-48)33-37(55)32-42(56)52-50(59-44)34-46-43(62-52)28-19-31-57-46/h7-18,20-27,37,43-52,55H,19,28-36H2,1-6H3/t37-,43-,44+,45-,46+,47-,48+,49-,50-,51+,52+/m0/s1. The van der Waals surface area contributed by atoms with Crippen LogP contribution >= 0.6 is 0 Å². The Kier molecular flexibility index (Phi) is 13.9. The maximum Gasteiger partial charge on any atom is 0.261 e. The predicted molar refractivity (Wildman–Crippen MR) is 258 cm³/mol. The summed E-state index contributed by atoms with van der Waals surface area (Å²) in [6.45, 7) is 14.9. The fourth-order valence-electron chi connectivity index (χ4n) is 11.8. The van der Waals surface area contributed by atoms with E-state index in [0.29, 0.717) is 38.9 Å². The number of aliphatic hydroxyl groups is 1. The highest BCUT2D eigenvalue weighted by Crippen LogP contribution is 2.44. The third kappa shape index (κ3) is 9.32. The number of ketones is 1. The number of Topliss-reactive ketones (excluding diaryl/α,β-unsaturated/α-hetero) is 1. The van der Waals surface area contributed by atoms with Crippen molar-refractivity contribution in [3.8, 4) is 0 Å². The molecular weight excluding hydrogens is 849 g/mol. The maximum absolute atomic E-state index is 13.8. The molecule has 9 rings (SSSR count). The molecular formula is C54H70O9Si2. The molecule has 0 saturated carbocycles. The van der Waals surface area contributed by atoms with Gasteiger partial charge in [0, 0.05) is 32.3 Å². The van der Waals surface area contributed by atoms with Gasteiger partial charge in [-0.2, -0.15) is 0 Å². The molecule has 4 aromatic rings. The Labute approximate surface area is 388 Å². The third-order valence-electron chi connectivity index (χ3n) is 14.9. The van der Waals surface area contributed by atoms with E-state index in [2.05, 4.69) is 163 Å². The van der Waals surface area contributed by atoms with Gasteiger partial charge in [-0.3, -0.25) is 4.79 Å². The fraction of sp³-hybridized carbons (Fsp3) is 0.537. The molecule has 5 aliphatic heterocycles. The molecule has 4 aromatic carbocycles. The summed E-state index contributed by atoms with van der Waals surface area (Å²) in [5, 5.41) is 15.8. The van der Waals surface area contributed by atoms with Crippen molar-refractivity contribution in [2.45, 2.75) is 170 Å². The van der Waals surface area contributed by atoms with Gasteiger partial charge in [0.2, 0.25) is 0 Å². The lowest BCUT2D eigenvalue weighted by molar-refractivity contribution is -0.231. The van der Waals surface area contributed by atoms with E-state index >= 15 is 0 Å². The first-order chi connectivity index (χ1) is 31.3. The molecule has 11 atom stereocenters. The van der Waals surface area contributed by atoms with Crippen LogP contribution in [0.5, 0.6) is 0 Å². The number of fused-ring (bicyclic) bond motifs is 4. The number of hydrogen-bond acceptors (Lipinski definition) is 9. The Bertz CT molecular complexity index is 2090. The van der Waals surface area contributed by atoms with E-state index in [9.17, 15) is 9.90 Å². The molecule has 5 fully saturated rings. The molecule has 11 heteroatoms. The van der Waals surface area contributed by atoms with E-state index in [4.69, 9.17) is 32.5 Å². The van der Waals surface area contributed by atoms with E-state index in [1.165, 1.54) is 20.7 Å². The first kappa shape index (κ1) is 46.8. The van der Waals surface area contributed by atoms with Crippen LogP contribution in [0, 0.1) is 0 Å². The van der Waals surface area contributed by atoms with Gasteiger partial charge in [0.1, 0.15) is 12.2 Å². The highest BCUT2D eigenvalue weighted by Gasteiger charge is 2.57. The largest absolute Gasteiger partial charge is 0.405 e. The SMILES string of the molecule is CC(C)(C)[Si](OC[C@H]1O[C@H]2CC[C@H]3O[C@H]4C[C@H]5OCCC[C@@H]5O[C@@H]4C(=O)C[C@H](O)C[C@@H]3O[C@@H]2C[C@@H]1O[Si](c1ccccc1)(c1ccccc1)C(C)(C)C)(c1ccccc1)c1ccccc1. The molecule has 5 aliphatic rings. The van der Waals surface area contributed by atoms with Crippen LogP contribution in [0.4, 0.5) is 0 Å². The van der Waals surface area contributed by atoms with E-state index in [1.54, 1.807) is 0 Å². The average molecular weight is 919 g/mol. The first-order valence-corrected chi connectivity index (χ1v) is 28.1. The smallest absolute Gasteiger partial charge is 0.261 e. The van der Waals surface area contributed by atoms with Crippen LogP contribution in [0.3, 0.4) is 0 Å². The van der Waals surface area contributed by atoms with Crippen molar-refractivity contribution in [2.24, 2.45) is 0 Å². The Balaban J connectivity index is 1.10. The molecule has 5 saturated heterocycles. The topological polar surface area (TPSA) is 102 Å². The van der Waals surface area contributed by atoms with Gasteiger partial charge >= 0.3 is 0 Å². The summed E-state index contributed by atoms with van der Waals surface area (Å²) in [7, 11) is -6.08. The number of ether oxygens (including phenoxy) is 5. The number of rotatable bonds is 9. The lowest BCUT2D eigenvalue weighted by Gasteiger charge is -2.50. The molecule has 65 heavy (non-hydrogen) atoms. The Hall–Kier alpha value is -3.34. The van der Waals surface area contributed by atoms with E-state index in [1.807, 2.05) is 0 Å². The van der Waals surface area contributed by atoms with Crippen LogP contribution in [0.2, 0.25) is 10.1 Å². The number of carbonyl (C=O) groups excluding carboxylic acids is 1. The van der Waals surface area contributed by atoms with Crippen molar-refractivity contribution in [1.29, 1.82) is 0 Å². The van der Waals surface area contributed by atoms with Crippen LogP contribution in [-0.4, -0.2) is 108 Å². The van der Waals surface area contributed by atoms with Crippen molar-refractivity contribution in [2.75, 3.05) is 13.2 Å². The number of hydrogen-bond donors (Lipinski definition) is 1. The zero-order valence-electron chi connectivity index (χ0n) is 39.2. The molecule has 0 amide bonds. The lowest BCUT2D eigenvalue weighted by Crippen LogP contribution is -2.70. The van der Waals surface area contributed by atoms with Gasteiger partial charge in [-0.1, -0.05) is 163 Å². The molecule has 1 N–H and O–H groups in total. The summed E-state index contributed by atoms with van der Waals surface area (Å²) in [6.07, 6.45) is -0.151. The minimum Gasteiger partial charge on any atom is -0.405 e. The first-order valence-electron chi connectivity index (χ1n) is 24.2. The van der Waals surface area contributed by atoms with Crippen LogP contribution in [0.15, 0.2) is 121 Å². The molecule has 0 radical (unpaired) electrons. The van der Waals surface area contributed by atoms with Crippen LogP contribution < -0.4 is 20.7 Å². The van der Waals surface area contributed by atoms with Crippen molar-refractivity contribution in [3.63, 3.8) is 0 Å². The fourth-order valence-corrected chi connectivity index (χ4v) is 21.1. The van der Waals surface area contributed by atoms with E-state index < -0.39 is 53.3 Å². The van der Waals surface area contributed by atoms with Crippen molar-refractivity contribution in [1.82, 2.24) is 0 Å². The summed E-state index contributed by atoms with van der Waals surface area (Å²) in [5.74, 6) is -0.107. The van der Waals surface area contributed by atoms with Gasteiger partial charge in [-0.05, 0) is 56.5 Å². The zero-order chi connectivity index (χ0) is 45.4. The summed E-state index contributed by atoms with van der Waals surface area (Å²) in [5.41, 5.74) is 0. The van der Waals surface area contributed by atoms with Gasteiger partial charge in [-0.15, -0.1) is 0 Å². The second-order valence-electron chi connectivity index (χ2n) is 21.2. The molecule has 0 unspecified atom stereocenters. The molecule has 0 aromatic heterocycles. The van der Waals surface area contributed by atoms with Gasteiger partial charge in [-0.25, -0.2) is 0 Å². The normalized spacial score (nSPS) is 31.4. The Morgan fingerprint density at radius 1 is 0.554 bits per heavy atom. The molecule has 348 valence electrons. The van der Waals surface area contributed by atoms with Gasteiger partial charge in [0.15, 0.2) is 5.78 Å². The maximum atomic E-state index is 13.8. The van der Waals surface area contributed by atoms with Crippen molar-refractivity contribution in [3.05, 3.63) is 121 Å². The lowest BCUT2D eigenvalue weighted by atomic mass is 9.90. The van der Waals surface area contributed by atoms with Gasteiger partial charge in [0.25, 0.3) is 16.6 Å². The molecule has 9 nitrogen and oxygen atoms in total. The Morgan fingerprint density at radius 3 is 1.57 bits per heavy atom. The molecule has 0 spiro atoms. The van der Waals surface area contributed by atoms with Crippen LogP contribution in [0.1, 0.15) is 92.9 Å². The molecule has 5 heterocycles. The predicted octanol–water partition coefficient (Wildman–Crippen LogP) is 7.03. The van der Waals surface area contributed by atoms with E-state index in [0.717, 1.165) is 12.8 Å². The average Bonchev–Trinajstić information content (AvgIpc) is 3.43. The summed E-state index contributed by atoms with van der Waals surface area (Å²) >= 11 is 0. The highest BCUT2D eigenvalue weighted by molar-refractivity contribution is 7.00. The second-order valence-corrected chi connectivity index (χ2v) is 29.7. The summed E-state index contributed by atoms with van der Waals surface area (Å²) in [6, 6.07) is 43.1. The zero-order valence-corrected chi connectivity index (χ0v) is 41.2. The highest BCUT2D eigenvalue weighted by atomic mass is 28.4. The third-order valence-corrected chi connectivity index (χ3v) is 24.9. The minimum atomic E-state index is -3.10. The minimum absolute atomic E-state index is 0.00118. The van der Waals surface area contributed by atoms with Gasteiger partial charge < -0.3 is 37.6 Å². The van der Waals surface area contributed by atoms with E-state index in [-0.39, 0.29) is 59.2 Å². The van der Waals surface area contributed by atoms with Gasteiger partial charge in [0.05, 0.1) is 61.5 Å². The quantitative estimate of drug-likeness (QED) is 0.178. The number of aliphatic hydroxyl groups excluding tert-OH is 1. The monoisotopic (exact) mass is 918 g/mol. The van der Waals surface area contributed by atoms with Crippen molar-refractivity contribution < 1.29 is 42.4 Å².